The van der Waals surface area contributed by atoms with Crippen LogP contribution >= 0.6 is 35.4 Å². The van der Waals surface area contributed by atoms with Crippen LogP contribution in [0.1, 0.15) is 44.2 Å². The van der Waals surface area contributed by atoms with Crippen molar-refractivity contribution in [1.82, 2.24) is 10.6 Å². The van der Waals surface area contributed by atoms with E-state index < -0.39 is 17.3 Å². The molecule has 1 aliphatic rings. The molecular formula is C18H20Cl2N2O3S. The number of hydrogen-bond acceptors (Lipinski definition) is 4. The van der Waals surface area contributed by atoms with E-state index in [0.29, 0.717) is 23.6 Å². The van der Waals surface area contributed by atoms with Gasteiger partial charge in [-0.2, -0.15) is 0 Å². The van der Waals surface area contributed by atoms with E-state index in [1.165, 1.54) is 0 Å². The number of aliphatic hydroxyl groups is 1. The fraction of sp³-hybridized carbons (Fsp3) is 0.389. The predicted octanol–water partition coefficient (Wildman–Crippen LogP) is 3.96. The lowest BCUT2D eigenvalue weighted by Gasteiger charge is -2.18. The first-order valence-corrected chi connectivity index (χ1v) is 9.40. The topological polar surface area (TPSA) is 78.4 Å². The van der Waals surface area contributed by atoms with Crippen LogP contribution in [0.2, 0.25) is 10.0 Å². The van der Waals surface area contributed by atoms with Crippen molar-refractivity contribution in [2.45, 2.75) is 45.7 Å². The summed E-state index contributed by atoms with van der Waals surface area (Å²) in [6.07, 6.45) is 0.924. The molecule has 8 heteroatoms. The number of allylic oxidation sites excluding steroid dienone is 1. The van der Waals surface area contributed by atoms with E-state index >= 15 is 0 Å². The molecule has 0 radical (unpaired) electrons. The zero-order chi connectivity index (χ0) is 19.4. The molecule has 0 heterocycles. The number of hydrogen-bond donors (Lipinski definition) is 3. The molecule has 1 aromatic rings. The third-order valence-electron chi connectivity index (χ3n) is 3.87. The highest BCUT2D eigenvalue weighted by atomic mass is 35.5. The zero-order valence-electron chi connectivity index (χ0n) is 14.5. The molecule has 26 heavy (non-hydrogen) atoms. The number of ketones is 2. The minimum atomic E-state index is -0.459. The summed E-state index contributed by atoms with van der Waals surface area (Å²) in [5.74, 6) is -1.24. The van der Waals surface area contributed by atoms with Crippen molar-refractivity contribution in [3.8, 4) is 0 Å². The average Bonchev–Trinajstić information content (AvgIpc) is 2.53. The van der Waals surface area contributed by atoms with Crippen LogP contribution in [0.3, 0.4) is 0 Å². The van der Waals surface area contributed by atoms with Crippen LogP contribution in [0.15, 0.2) is 17.7 Å². The van der Waals surface area contributed by atoms with Crippen molar-refractivity contribution in [3.63, 3.8) is 0 Å². The van der Waals surface area contributed by atoms with Gasteiger partial charge in [-0.25, -0.2) is 0 Å². The number of rotatable bonds is 4. The Hall–Kier alpha value is -1.63. The van der Waals surface area contributed by atoms with Crippen LogP contribution in [-0.2, 0) is 16.1 Å². The molecule has 0 aliphatic heterocycles. The second-order valence-corrected chi connectivity index (χ2v) is 7.49. The number of benzene rings is 1. The smallest absolute Gasteiger partial charge is 0.170 e. The lowest BCUT2D eigenvalue weighted by molar-refractivity contribution is -0.123. The molecule has 0 atom stereocenters. The number of aliphatic hydroxyl groups excluding tert-OH is 1. The van der Waals surface area contributed by atoms with E-state index in [1.807, 2.05) is 13.8 Å². The number of Topliss-reactive ketones (excluding diaryl/α,β-unsaturated/α-hetero) is 2. The summed E-state index contributed by atoms with van der Waals surface area (Å²) < 4.78 is 0. The molecule has 3 N–H and O–H groups in total. The molecular weight excluding hydrogens is 395 g/mol. The Morgan fingerprint density at radius 1 is 1.23 bits per heavy atom. The van der Waals surface area contributed by atoms with E-state index in [4.69, 9.17) is 35.4 Å². The van der Waals surface area contributed by atoms with Gasteiger partial charge in [0.05, 0.1) is 15.6 Å². The Morgan fingerprint density at radius 3 is 2.42 bits per heavy atom. The second-order valence-electron chi connectivity index (χ2n) is 6.30. The maximum atomic E-state index is 12.1. The molecule has 140 valence electrons. The first kappa shape index (κ1) is 20.7. The molecule has 0 unspecified atom stereocenters. The van der Waals surface area contributed by atoms with E-state index in [-0.39, 0.29) is 40.1 Å². The Balaban J connectivity index is 2.36. The first-order valence-electron chi connectivity index (χ1n) is 8.23. The molecule has 1 saturated carbocycles. The Labute approximate surface area is 167 Å². The number of carbonyl (C=O) groups is 2. The highest BCUT2D eigenvalue weighted by molar-refractivity contribution is 7.80. The maximum Gasteiger partial charge on any atom is 0.170 e. The summed E-state index contributed by atoms with van der Waals surface area (Å²) in [6, 6.07) is 3.44. The van der Waals surface area contributed by atoms with E-state index in [9.17, 15) is 14.7 Å². The number of halogens is 2. The molecule has 1 aliphatic carbocycles. The molecule has 5 nitrogen and oxygen atoms in total. The largest absolute Gasteiger partial charge is 0.506 e. The van der Waals surface area contributed by atoms with Gasteiger partial charge in [0.1, 0.15) is 11.3 Å². The quantitative estimate of drug-likeness (QED) is 0.299. The first-order chi connectivity index (χ1) is 12.2. The van der Waals surface area contributed by atoms with Gasteiger partial charge in [-0.15, -0.1) is 0 Å². The highest BCUT2D eigenvalue weighted by Crippen LogP contribution is 2.36. The minimum Gasteiger partial charge on any atom is -0.506 e. The van der Waals surface area contributed by atoms with Gasteiger partial charge < -0.3 is 15.7 Å². The molecule has 0 aromatic heterocycles. The fourth-order valence-electron chi connectivity index (χ4n) is 2.64. The van der Waals surface area contributed by atoms with Crippen molar-refractivity contribution in [3.05, 3.63) is 38.9 Å². The van der Waals surface area contributed by atoms with Gasteiger partial charge in [-0.05, 0) is 44.1 Å². The summed E-state index contributed by atoms with van der Waals surface area (Å²) in [4.78, 5) is 24.2. The van der Waals surface area contributed by atoms with Crippen LogP contribution in [0.5, 0.6) is 0 Å². The minimum absolute atomic E-state index is 0.0916. The van der Waals surface area contributed by atoms with Crippen LogP contribution in [0, 0.1) is 0 Å². The van der Waals surface area contributed by atoms with Crippen LogP contribution in [0.4, 0.5) is 0 Å². The van der Waals surface area contributed by atoms with Gasteiger partial charge in [-0.3, -0.25) is 9.59 Å². The molecule has 2 rings (SSSR count). The number of carbonyl (C=O) groups excluding carboxylic acids is 2. The average molecular weight is 415 g/mol. The standard InChI is InChI=1S/C18H20Cl2N2O3S/c1-9(2)22-18(26)21-8-10-6-7-11(19)14(16(10)20)17(25)15-12(23)4-3-5-13(15)24/h6-7,9,25H,3-5,8H2,1-2H3,(H2,21,22,26). The van der Waals surface area contributed by atoms with Gasteiger partial charge in [0.2, 0.25) is 0 Å². The highest BCUT2D eigenvalue weighted by Gasteiger charge is 2.29. The normalized spacial score (nSPS) is 14.6. The fourth-order valence-corrected chi connectivity index (χ4v) is 3.57. The molecule has 0 saturated heterocycles. The summed E-state index contributed by atoms with van der Waals surface area (Å²) >= 11 is 17.8. The van der Waals surface area contributed by atoms with E-state index in [0.717, 1.165) is 0 Å². The Kier molecular flexibility index (Phi) is 7.03. The van der Waals surface area contributed by atoms with Gasteiger partial charge in [0.15, 0.2) is 16.7 Å². The Bertz CT molecular complexity index is 773. The monoisotopic (exact) mass is 414 g/mol. The van der Waals surface area contributed by atoms with Gasteiger partial charge in [0, 0.05) is 25.4 Å². The van der Waals surface area contributed by atoms with Crippen LogP contribution in [-0.4, -0.2) is 27.8 Å². The van der Waals surface area contributed by atoms with E-state index in [1.54, 1.807) is 12.1 Å². The summed E-state index contributed by atoms with van der Waals surface area (Å²) in [7, 11) is 0. The maximum absolute atomic E-state index is 12.1. The molecule has 0 spiro atoms. The second kappa shape index (κ2) is 8.84. The van der Waals surface area contributed by atoms with E-state index in [2.05, 4.69) is 10.6 Å². The number of thiocarbonyl (C=S) groups is 1. The van der Waals surface area contributed by atoms with Crippen molar-refractivity contribution >= 4 is 57.9 Å². The molecule has 0 bridgehead atoms. The van der Waals surface area contributed by atoms with Gasteiger partial charge >= 0.3 is 0 Å². The summed E-state index contributed by atoms with van der Waals surface area (Å²) in [5.41, 5.74) is 0.498. The van der Waals surface area contributed by atoms with Gasteiger partial charge in [-0.1, -0.05) is 29.3 Å². The van der Waals surface area contributed by atoms with Crippen LogP contribution < -0.4 is 10.6 Å². The molecule has 0 amide bonds. The SMILES string of the molecule is CC(C)NC(=S)NCc1ccc(Cl)c(C(O)=C2C(=O)CCCC2=O)c1Cl. The third-order valence-corrected chi connectivity index (χ3v) is 4.88. The Morgan fingerprint density at radius 2 is 1.85 bits per heavy atom. The summed E-state index contributed by atoms with van der Waals surface area (Å²) in [6.45, 7) is 4.22. The van der Waals surface area contributed by atoms with Crippen molar-refractivity contribution in [1.29, 1.82) is 0 Å². The molecule has 1 fully saturated rings. The third kappa shape index (κ3) is 4.75. The molecule has 1 aromatic carbocycles. The summed E-state index contributed by atoms with van der Waals surface area (Å²) in [5, 5.41) is 17.4. The lowest BCUT2D eigenvalue weighted by atomic mass is 9.89. The lowest BCUT2D eigenvalue weighted by Crippen LogP contribution is -2.38. The van der Waals surface area contributed by atoms with Crippen molar-refractivity contribution in [2.75, 3.05) is 0 Å². The van der Waals surface area contributed by atoms with Gasteiger partial charge in [0.25, 0.3) is 0 Å². The van der Waals surface area contributed by atoms with Crippen molar-refractivity contribution < 1.29 is 14.7 Å². The van der Waals surface area contributed by atoms with Crippen molar-refractivity contribution in [2.24, 2.45) is 0 Å². The predicted molar refractivity (Wildman–Crippen MR) is 108 cm³/mol. The zero-order valence-corrected chi connectivity index (χ0v) is 16.8. The van der Waals surface area contributed by atoms with Crippen LogP contribution in [0.25, 0.3) is 5.76 Å². The number of nitrogens with one attached hydrogen (secondary N) is 2.